The molecule has 0 aromatic heterocycles. The van der Waals surface area contributed by atoms with Gasteiger partial charge in [0.1, 0.15) is 0 Å². The zero-order chi connectivity index (χ0) is 14.7. The fraction of sp³-hybridized carbons (Fsp3) is 0.500. The molecule has 110 valence electrons. The van der Waals surface area contributed by atoms with Gasteiger partial charge in [0.25, 0.3) is 5.91 Å². The van der Waals surface area contributed by atoms with Crippen molar-refractivity contribution < 1.29 is 4.79 Å². The molecule has 6 heteroatoms. The highest BCUT2D eigenvalue weighted by Crippen LogP contribution is 2.19. The normalized spacial score (nSPS) is 20.9. The first kappa shape index (κ1) is 16.2. The maximum atomic E-state index is 12.3. The summed E-state index contributed by atoms with van der Waals surface area (Å²) in [6.07, 6.45) is 0. The lowest BCUT2D eigenvalue weighted by Crippen LogP contribution is -2.54. The molecule has 1 aliphatic heterocycles. The summed E-state index contributed by atoms with van der Waals surface area (Å²) in [5.74, 6) is -0.0167. The van der Waals surface area contributed by atoms with Crippen LogP contribution < -0.4 is 5.32 Å². The van der Waals surface area contributed by atoms with Crippen LogP contribution >= 0.6 is 38.5 Å². The van der Waals surface area contributed by atoms with Crippen molar-refractivity contribution in [2.45, 2.75) is 6.04 Å². The zero-order valence-electron chi connectivity index (χ0n) is 11.7. The average molecular weight is 452 g/mol. The van der Waals surface area contributed by atoms with E-state index in [0.717, 1.165) is 27.7 Å². The highest BCUT2D eigenvalue weighted by Gasteiger charge is 2.22. The third-order valence-electron chi connectivity index (χ3n) is 3.65. The molecule has 4 nitrogen and oxygen atoms in total. The van der Waals surface area contributed by atoms with E-state index in [1.54, 1.807) is 0 Å². The molecule has 1 aromatic rings. The molecule has 0 radical (unpaired) electrons. The van der Waals surface area contributed by atoms with Gasteiger partial charge in [-0.25, -0.2) is 0 Å². The molecule has 1 amide bonds. The first-order chi connectivity index (χ1) is 9.47. The van der Waals surface area contributed by atoms with E-state index in [9.17, 15) is 4.79 Å². The molecule has 0 spiro atoms. The van der Waals surface area contributed by atoms with Gasteiger partial charge in [-0.1, -0.05) is 0 Å². The minimum absolute atomic E-state index is 0.0167. The van der Waals surface area contributed by atoms with Gasteiger partial charge in [-0.05, 0) is 70.8 Å². The lowest BCUT2D eigenvalue weighted by molar-refractivity contribution is 0.0880. The van der Waals surface area contributed by atoms with E-state index < -0.39 is 0 Å². The van der Waals surface area contributed by atoms with E-state index in [0.29, 0.717) is 18.2 Å². The lowest BCUT2D eigenvalue weighted by Gasteiger charge is -2.37. The summed E-state index contributed by atoms with van der Waals surface area (Å²) in [5, 5.41) is 3.05. The minimum Gasteiger partial charge on any atom is -0.350 e. The van der Waals surface area contributed by atoms with Crippen LogP contribution in [0.3, 0.4) is 0 Å². The zero-order valence-corrected chi connectivity index (χ0v) is 15.4. The summed E-state index contributed by atoms with van der Waals surface area (Å²) in [6.45, 7) is 3.80. The highest BCUT2D eigenvalue weighted by molar-refractivity contribution is 14.1. The van der Waals surface area contributed by atoms with Crippen LogP contribution in [-0.4, -0.2) is 62.0 Å². The van der Waals surface area contributed by atoms with Crippen molar-refractivity contribution in [2.24, 2.45) is 0 Å². The van der Waals surface area contributed by atoms with Gasteiger partial charge < -0.3 is 10.2 Å². The van der Waals surface area contributed by atoms with E-state index in [1.807, 2.05) is 18.2 Å². The molecule has 0 saturated carbocycles. The van der Waals surface area contributed by atoms with Gasteiger partial charge in [0.05, 0.1) is 5.56 Å². The molecule has 1 unspecified atom stereocenters. The molecular weight excluding hydrogens is 433 g/mol. The predicted octanol–water partition coefficient (Wildman–Crippen LogP) is 2.03. The maximum Gasteiger partial charge on any atom is 0.252 e. The van der Waals surface area contributed by atoms with Crippen molar-refractivity contribution in [2.75, 3.05) is 40.3 Å². The van der Waals surface area contributed by atoms with Crippen molar-refractivity contribution in [1.82, 2.24) is 15.1 Å². The number of benzene rings is 1. The molecule has 1 heterocycles. The van der Waals surface area contributed by atoms with Crippen molar-refractivity contribution in [1.29, 1.82) is 0 Å². The second-order valence-corrected chi connectivity index (χ2v) is 7.33. The van der Waals surface area contributed by atoms with Crippen LogP contribution in [0.4, 0.5) is 0 Å². The first-order valence-corrected chi connectivity index (χ1v) is 8.46. The Bertz CT molecular complexity index is 497. The quantitative estimate of drug-likeness (QED) is 0.714. The van der Waals surface area contributed by atoms with Crippen LogP contribution in [0.5, 0.6) is 0 Å². The van der Waals surface area contributed by atoms with E-state index in [1.165, 1.54) is 0 Å². The number of hydrogen-bond donors (Lipinski definition) is 1. The SMILES string of the molecule is CN1CCN(C)C(CNC(=O)c2cc(I)ccc2Br)C1. The molecule has 2 rings (SSSR count). The third-order valence-corrected chi connectivity index (χ3v) is 5.01. The summed E-state index contributed by atoms with van der Waals surface area (Å²) >= 11 is 5.65. The lowest BCUT2D eigenvalue weighted by atomic mass is 10.1. The molecule has 1 aliphatic rings. The molecule has 0 aliphatic carbocycles. The Labute approximate surface area is 142 Å². The Morgan fingerprint density at radius 3 is 2.95 bits per heavy atom. The molecule has 1 fully saturated rings. The number of nitrogens with one attached hydrogen (secondary N) is 1. The van der Waals surface area contributed by atoms with E-state index in [2.05, 4.69) is 67.7 Å². The number of hydrogen-bond acceptors (Lipinski definition) is 3. The van der Waals surface area contributed by atoms with Gasteiger partial charge in [0.15, 0.2) is 0 Å². The second kappa shape index (κ2) is 7.20. The Morgan fingerprint density at radius 1 is 1.45 bits per heavy atom. The van der Waals surface area contributed by atoms with Gasteiger partial charge in [0.2, 0.25) is 0 Å². The number of likely N-dealkylation sites (N-methyl/N-ethyl adjacent to an activating group) is 2. The number of rotatable bonds is 3. The van der Waals surface area contributed by atoms with Crippen LogP contribution in [0.2, 0.25) is 0 Å². The fourth-order valence-electron chi connectivity index (χ4n) is 2.30. The van der Waals surface area contributed by atoms with Crippen LogP contribution in [0.15, 0.2) is 22.7 Å². The Balaban J connectivity index is 1.96. The van der Waals surface area contributed by atoms with E-state index in [4.69, 9.17) is 0 Å². The van der Waals surface area contributed by atoms with Gasteiger partial charge >= 0.3 is 0 Å². The standard InChI is InChI=1S/C14H19BrIN3O/c1-18-5-6-19(2)11(9-18)8-17-14(20)12-7-10(16)3-4-13(12)15/h3-4,7,11H,5-6,8-9H2,1-2H3,(H,17,20). The minimum atomic E-state index is -0.0167. The number of amides is 1. The largest absolute Gasteiger partial charge is 0.350 e. The molecule has 1 aromatic carbocycles. The topological polar surface area (TPSA) is 35.6 Å². The summed E-state index contributed by atoms with van der Waals surface area (Å²) in [7, 11) is 4.24. The van der Waals surface area contributed by atoms with Gasteiger partial charge in [-0.2, -0.15) is 0 Å². The van der Waals surface area contributed by atoms with Crippen molar-refractivity contribution >= 4 is 44.4 Å². The monoisotopic (exact) mass is 451 g/mol. The fourth-order valence-corrected chi connectivity index (χ4v) is 3.22. The number of carbonyl (C=O) groups excluding carboxylic acids is 1. The number of nitrogens with zero attached hydrogens (tertiary/aromatic N) is 2. The molecule has 1 N–H and O–H groups in total. The van der Waals surface area contributed by atoms with Crippen LogP contribution in [0.25, 0.3) is 0 Å². The Kier molecular flexibility index (Phi) is 5.83. The number of carbonyl (C=O) groups is 1. The average Bonchev–Trinajstić information content (AvgIpc) is 2.42. The van der Waals surface area contributed by atoms with Crippen molar-refractivity contribution in [3.05, 3.63) is 31.8 Å². The predicted molar refractivity (Wildman–Crippen MR) is 93.1 cm³/mol. The van der Waals surface area contributed by atoms with Crippen molar-refractivity contribution in [3.8, 4) is 0 Å². The van der Waals surface area contributed by atoms with E-state index in [-0.39, 0.29) is 5.91 Å². The maximum absolute atomic E-state index is 12.3. The Morgan fingerprint density at radius 2 is 2.20 bits per heavy atom. The van der Waals surface area contributed by atoms with Crippen LogP contribution in [0, 0.1) is 3.57 Å². The van der Waals surface area contributed by atoms with Crippen LogP contribution in [0.1, 0.15) is 10.4 Å². The smallest absolute Gasteiger partial charge is 0.252 e. The van der Waals surface area contributed by atoms with Gasteiger partial charge in [-0.3, -0.25) is 9.69 Å². The molecular formula is C14H19BrIN3O. The first-order valence-electron chi connectivity index (χ1n) is 6.59. The molecule has 20 heavy (non-hydrogen) atoms. The number of halogens is 2. The summed E-state index contributed by atoms with van der Waals surface area (Å²) in [5.41, 5.74) is 0.698. The highest BCUT2D eigenvalue weighted by atomic mass is 127. The molecule has 0 bridgehead atoms. The third kappa shape index (κ3) is 4.16. The van der Waals surface area contributed by atoms with Crippen molar-refractivity contribution in [3.63, 3.8) is 0 Å². The van der Waals surface area contributed by atoms with Crippen LogP contribution in [-0.2, 0) is 0 Å². The second-order valence-electron chi connectivity index (χ2n) is 5.23. The van der Waals surface area contributed by atoms with Gasteiger partial charge in [-0.15, -0.1) is 0 Å². The molecule has 1 saturated heterocycles. The summed E-state index contributed by atoms with van der Waals surface area (Å²) in [4.78, 5) is 16.9. The van der Waals surface area contributed by atoms with E-state index >= 15 is 0 Å². The summed E-state index contributed by atoms with van der Waals surface area (Å²) in [6, 6.07) is 6.17. The number of piperazine rings is 1. The molecule has 1 atom stereocenters. The Hall–Kier alpha value is -0.180. The van der Waals surface area contributed by atoms with Gasteiger partial charge in [0, 0.05) is 40.3 Å². The summed E-state index contributed by atoms with van der Waals surface area (Å²) < 4.78 is 1.90.